The molecule has 1 N–H and O–H groups in total. The number of carboxylic acids is 1. The van der Waals surface area contributed by atoms with Gasteiger partial charge in [0, 0.05) is 19.2 Å². The lowest BCUT2D eigenvalue weighted by Gasteiger charge is -2.38. The van der Waals surface area contributed by atoms with Crippen molar-refractivity contribution in [1.82, 2.24) is 25.1 Å². The Labute approximate surface area is 106 Å². The molecule has 1 saturated heterocycles. The summed E-state index contributed by atoms with van der Waals surface area (Å²) in [5.41, 5.74) is -0.111. The molecule has 0 radical (unpaired) electrons. The van der Waals surface area contributed by atoms with Crippen LogP contribution in [0.25, 0.3) is 0 Å². The van der Waals surface area contributed by atoms with Crippen molar-refractivity contribution in [3.63, 3.8) is 0 Å². The first-order valence-corrected chi connectivity index (χ1v) is 5.50. The second-order valence-corrected chi connectivity index (χ2v) is 4.13. The molecule has 0 spiro atoms. The number of likely N-dealkylation sites (tertiary alicyclic amines) is 1. The van der Waals surface area contributed by atoms with E-state index in [0.29, 0.717) is 13.1 Å². The summed E-state index contributed by atoms with van der Waals surface area (Å²) in [6.45, 7) is 0.865. The van der Waals surface area contributed by atoms with Crippen molar-refractivity contribution >= 4 is 11.9 Å². The molecule has 0 aliphatic carbocycles. The first-order valence-electron chi connectivity index (χ1n) is 5.50. The monoisotopic (exact) mass is 263 g/mol. The third kappa shape index (κ3) is 1.94. The van der Waals surface area contributed by atoms with Gasteiger partial charge in [-0.25, -0.2) is 9.48 Å². The zero-order valence-electron chi connectivity index (χ0n) is 9.63. The molecule has 9 heteroatoms. The highest BCUT2D eigenvalue weighted by molar-refractivity contribution is 5.91. The topological polar surface area (TPSA) is 114 Å². The summed E-state index contributed by atoms with van der Waals surface area (Å²) in [5.74, 6) is -1.18. The molecule has 0 unspecified atom stereocenters. The van der Waals surface area contributed by atoms with E-state index in [1.807, 2.05) is 0 Å². The lowest BCUT2D eigenvalue weighted by molar-refractivity contribution is 0.0457. The Bertz CT molecular complexity index is 614. The number of carbonyl (C=O) groups is 2. The van der Waals surface area contributed by atoms with Crippen molar-refractivity contribution < 1.29 is 19.2 Å². The van der Waals surface area contributed by atoms with E-state index < -0.39 is 5.97 Å². The Morgan fingerprint density at radius 3 is 2.79 bits per heavy atom. The fourth-order valence-electron chi connectivity index (χ4n) is 1.82. The highest BCUT2D eigenvalue weighted by atomic mass is 16.5. The minimum absolute atomic E-state index is 0.0625. The van der Waals surface area contributed by atoms with Crippen LogP contribution in [0.15, 0.2) is 23.0 Å². The number of amides is 1. The normalized spacial score (nSPS) is 15.3. The zero-order chi connectivity index (χ0) is 13.4. The molecule has 0 bridgehead atoms. The molecule has 1 aliphatic rings. The number of carboxylic acid groups (broad SMARTS) is 1. The molecule has 3 rings (SSSR count). The third-order valence-electron chi connectivity index (χ3n) is 2.90. The maximum atomic E-state index is 11.8. The Kier molecular flexibility index (Phi) is 2.51. The van der Waals surface area contributed by atoms with E-state index in [-0.39, 0.29) is 23.4 Å². The maximum absolute atomic E-state index is 11.8. The van der Waals surface area contributed by atoms with Crippen LogP contribution in [0.5, 0.6) is 0 Å². The summed E-state index contributed by atoms with van der Waals surface area (Å²) >= 11 is 0. The zero-order valence-corrected chi connectivity index (χ0v) is 9.63. The predicted octanol–water partition coefficient (Wildman–Crippen LogP) is -0.339. The van der Waals surface area contributed by atoms with Crippen molar-refractivity contribution in [3.05, 3.63) is 29.9 Å². The summed E-state index contributed by atoms with van der Waals surface area (Å²) in [4.78, 5) is 24.1. The van der Waals surface area contributed by atoms with Gasteiger partial charge in [0.2, 0.25) is 5.76 Å². The van der Waals surface area contributed by atoms with Crippen molar-refractivity contribution in [1.29, 1.82) is 0 Å². The van der Waals surface area contributed by atoms with E-state index in [9.17, 15) is 9.59 Å². The molecule has 1 aliphatic heterocycles. The molecule has 0 atom stereocenters. The van der Waals surface area contributed by atoms with E-state index in [1.165, 1.54) is 23.1 Å². The first kappa shape index (κ1) is 11.4. The number of nitrogens with zero attached hydrogens (tertiary/aromatic N) is 5. The van der Waals surface area contributed by atoms with Crippen LogP contribution in [0.3, 0.4) is 0 Å². The quantitative estimate of drug-likeness (QED) is 0.805. The molecule has 19 heavy (non-hydrogen) atoms. The van der Waals surface area contributed by atoms with Crippen LogP contribution in [0.2, 0.25) is 0 Å². The van der Waals surface area contributed by atoms with Crippen molar-refractivity contribution in [2.75, 3.05) is 13.1 Å². The number of carbonyl (C=O) groups excluding carboxylic acids is 1. The van der Waals surface area contributed by atoms with E-state index in [0.717, 1.165) is 0 Å². The predicted molar refractivity (Wildman–Crippen MR) is 58.4 cm³/mol. The SMILES string of the molecule is O=C(O)c1cn(C2CN(C(=O)c3ccno3)C2)nn1. The maximum Gasteiger partial charge on any atom is 0.358 e. The summed E-state index contributed by atoms with van der Waals surface area (Å²) in [7, 11) is 0. The third-order valence-corrected chi connectivity index (χ3v) is 2.90. The van der Waals surface area contributed by atoms with Crippen LogP contribution in [-0.2, 0) is 0 Å². The molecule has 98 valence electrons. The van der Waals surface area contributed by atoms with Gasteiger partial charge in [0.15, 0.2) is 5.69 Å². The fourth-order valence-corrected chi connectivity index (χ4v) is 1.82. The second kappa shape index (κ2) is 4.19. The van der Waals surface area contributed by atoms with E-state index in [4.69, 9.17) is 9.63 Å². The van der Waals surface area contributed by atoms with E-state index in [2.05, 4.69) is 15.5 Å². The van der Waals surface area contributed by atoms with Gasteiger partial charge in [-0.2, -0.15) is 0 Å². The van der Waals surface area contributed by atoms with E-state index >= 15 is 0 Å². The van der Waals surface area contributed by atoms with E-state index in [1.54, 1.807) is 4.90 Å². The van der Waals surface area contributed by atoms with Gasteiger partial charge in [0.1, 0.15) is 0 Å². The summed E-state index contributed by atoms with van der Waals surface area (Å²) in [6.07, 6.45) is 2.75. The van der Waals surface area contributed by atoms with Gasteiger partial charge in [0.05, 0.1) is 18.4 Å². The van der Waals surface area contributed by atoms with Crippen LogP contribution >= 0.6 is 0 Å². The lowest BCUT2D eigenvalue weighted by Crippen LogP contribution is -2.50. The number of hydrogen-bond acceptors (Lipinski definition) is 6. The van der Waals surface area contributed by atoms with Crippen LogP contribution in [0.1, 0.15) is 27.1 Å². The molecule has 0 aromatic carbocycles. The van der Waals surface area contributed by atoms with Gasteiger partial charge < -0.3 is 14.5 Å². The Hall–Kier alpha value is -2.71. The Morgan fingerprint density at radius 1 is 1.42 bits per heavy atom. The highest BCUT2D eigenvalue weighted by Crippen LogP contribution is 2.22. The largest absolute Gasteiger partial charge is 0.476 e. The Morgan fingerprint density at radius 2 is 2.21 bits per heavy atom. The van der Waals surface area contributed by atoms with Gasteiger partial charge in [-0.3, -0.25) is 4.79 Å². The smallest absolute Gasteiger partial charge is 0.358 e. The van der Waals surface area contributed by atoms with Crippen molar-refractivity contribution in [3.8, 4) is 0 Å². The van der Waals surface area contributed by atoms with Gasteiger partial charge >= 0.3 is 5.97 Å². The molecule has 2 aromatic rings. The first-order chi connectivity index (χ1) is 9.15. The molecule has 3 heterocycles. The average Bonchev–Trinajstić information content (AvgIpc) is 2.98. The molecule has 9 nitrogen and oxygen atoms in total. The van der Waals surface area contributed by atoms with Gasteiger partial charge in [-0.05, 0) is 0 Å². The van der Waals surface area contributed by atoms with Crippen molar-refractivity contribution in [2.24, 2.45) is 0 Å². The van der Waals surface area contributed by atoms with Crippen LogP contribution < -0.4 is 0 Å². The van der Waals surface area contributed by atoms with Crippen LogP contribution in [-0.4, -0.2) is 55.1 Å². The molecule has 1 amide bonds. The van der Waals surface area contributed by atoms with Crippen LogP contribution in [0, 0.1) is 0 Å². The highest BCUT2D eigenvalue weighted by Gasteiger charge is 2.34. The number of aromatic carboxylic acids is 1. The molecule has 1 fully saturated rings. The van der Waals surface area contributed by atoms with Crippen molar-refractivity contribution in [2.45, 2.75) is 6.04 Å². The standard InChI is InChI=1S/C10H9N5O4/c16-9(8-1-2-11-19-8)14-3-6(4-14)15-5-7(10(17)18)12-13-15/h1-2,5-6H,3-4H2,(H,17,18). The molecular weight excluding hydrogens is 254 g/mol. The minimum Gasteiger partial charge on any atom is -0.476 e. The fraction of sp³-hybridized carbons (Fsp3) is 0.300. The summed E-state index contributed by atoms with van der Waals surface area (Å²) in [5, 5.41) is 19.5. The number of hydrogen-bond donors (Lipinski definition) is 1. The molecular formula is C10H9N5O4. The second-order valence-electron chi connectivity index (χ2n) is 4.13. The van der Waals surface area contributed by atoms with Gasteiger partial charge in [-0.1, -0.05) is 10.4 Å². The van der Waals surface area contributed by atoms with Gasteiger partial charge in [-0.15, -0.1) is 5.10 Å². The Balaban J connectivity index is 1.63. The number of rotatable bonds is 3. The van der Waals surface area contributed by atoms with Crippen LogP contribution in [0.4, 0.5) is 0 Å². The summed E-state index contributed by atoms with van der Waals surface area (Å²) < 4.78 is 6.23. The van der Waals surface area contributed by atoms with Gasteiger partial charge in [0.25, 0.3) is 5.91 Å². The lowest BCUT2D eigenvalue weighted by atomic mass is 10.1. The minimum atomic E-state index is -1.12. The number of aromatic nitrogens is 4. The summed E-state index contributed by atoms with van der Waals surface area (Å²) in [6, 6.07) is 1.43. The molecule has 2 aromatic heterocycles. The average molecular weight is 263 g/mol. The molecule has 0 saturated carbocycles.